The van der Waals surface area contributed by atoms with Crippen molar-refractivity contribution in [3.63, 3.8) is 0 Å². The van der Waals surface area contributed by atoms with Crippen LogP contribution in [-0.4, -0.2) is 11.7 Å². The number of rotatable bonds is 4. The molecule has 0 aromatic heterocycles. The minimum atomic E-state index is -1.20. The van der Waals surface area contributed by atoms with Gasteiger partial charge in [0.15, 0.2) is 0 Å². The first-order valence-electron chi connectivity index (χ1n) is 7.10. The van der Waals surface area contributed by atoms with E-state index >= 15 is 0 Å². The number of aliphatic hydroxyl groups excluding tert-OH is 1. The Bertz CT molecular complexity index is 624. The second kappa shape index (κ2) is 5.92. The summed E-state index contributed by atoms with van der Waals surface area (Å²) >= 11 is 0. The maximum Gasteiger partial charge on any atom is 0.131 e. The van der Waals surface area contributed by atoms with Gasteiger partial charge in [-0.2, -0.15) is 0 Å². The monoisotopic (exact) mass is 289 g/mol. The minimum Gasteiger partial charge on any atom is -0.387 e. The van der Waals surface area contributed by atoms with Crippen LogP contribution in [-0.2, 0) is 6.42 Å². The van der Waals surface area contributed by atoms with Crippen LogP contribution in [0, 0.1) is 11.6 Å². The predicted molar refractivity (Wildman–Crippen MR) is 76.8 cm³/mol. The molecule has 0 bridgehead atoms. The molecule has 2 nitrogen and oxygen atoms in total. The van der Waals surface area contributed by atoms with E-state index in [1.54, 1.807) is 0 Å². The zero-order valence-electron chi connectivity index (χ0n) is 11.5. The van der Waals surface area contributed by atoms with E-state index in [9.17, 15) is 13.9 Å². The Morgan fingerprint density at radius 3 is 2.57 bits per heavy atom. The quantitative estimate of drug-likeness (QED) is 0.905. The standard InChI is InChI=1S/C17H17F2NO/c18-13-6-3-7-14(19)17(13)16(21)10-20-15-9-8-11-4-1-2-5-12(11)15/h1-7,15-16,20-21H,8-10H2. The van der Waals surface area contributed by atoms with E-state index in [4.69, 9.17) is 0 Å². The number of aryl methyl sites for hydroxylation is 1. The van der Waals surface area contributed by atoms with Gasteiger partial charge in [0.1, 0.15) is 11.6 Å². The van der Waals surface area contributed by atoms with Gasteiger partial charge in [-0.15, -0.1) is 0 Å². The first-order chi connectivity index (χ1) is 10.2. The summed E-state index contributed by atoms with van der Waals surface area (Å²) in [4.78, 5) is 0. The molecule has 0 aliphatic heterocycles. The molecule has 1 aliphatic carbocycles. The molecule has 0 heterocycles. The van der Waals surface area contributed by atoms with Gasteiger partial charge in [0, 0.05) is 12.6 Å². The van der Waals surface area contributed by atoms with Crippen LogP contribution in [0.5, 0.6) is 0 Å². The van der Waals surface area contributed by atoms with Crippen molar-refractivity contribution in [1.29, 1.82) is 0 Å². The summed E-state index contributed by atoms with van der Waals surface area (Å²) in [5.74, 6) is -1.42. The molecule has 1 aliphatic rings. The highest BCUT2D eigenvalue weighted by molar-refractivity contribution is 5.34. The zero-order chi connectivity index (χ0) is 14.8. The average molecular weight is 289 g/mol. The van der Waals surface area contributed by atoms with E-state index < -0.39 is 17.7 Å². The highest BCUT2D eigenvalue weighted by Gasteiger charge is 2.24. The van der Waals surface area contributed by atoms with Crippen molar-refractivity contribution < 1.29 is 13.9 Å². The molecule has 21 heavy (non-hydrogen) atoms. The average Bonchev–Trinajstić information content (AvgIpc) is 2.88. The van der Waals surface area contributed by atoms with Gasteiger partial charge in [-0.1, -0.05) is 30.3 Å². The van der Waals surface area contributed by atoms with Crippen molar-refractivity contribution in [1.82, 2.24) is 5.32 Å². The van der Waals surface area contributed by atoms with Crippen LogP contribution >= 0.6 is 0 Å². The highest BCUT2D eigenvalue weighted by atomic mass is 19.1. The van der Waals surface area contributed by atoms with Gasteiger partial charge in [-0.05, 0) is 36.1 Å². The number of hydrogen-bond donors (Lipinski definition) is 2. The number of nitrogens with one attached hydrogen (secondary N) is 1. The Morgan fingerprint density at radius 2 is 1.81 bits per heavy atom. The highest BCUT2D eigenvalue weighted by Crippen LogP contribution is 2.31. The molecule has 2 N–H and O–H groups in total. The van der Waals surface area contributed by atoms with E-state index in [-0.39, 0.29) is 18.2 Å². The summed E-state index contributed by atoms with van der Waals surface area (Å²) in [7, 11) is 0. The summed E-state index contributed by atoms with van der Waals surface area (Å²) in [6.45, 7) is 0.122. The fraction of sp³-hybridized carbons (Fsp3) is 0.294. The smallest absolute Gasteiger partial charge is 0.131 e. The second-order valence-corrected chi connectivity index (χ2v) is 5.35. The first kappa shape index (κ1) is 14.2. The lowest BCUT2D eigenvalue weighted by Gasteiger charge is -2.18. The van der Waals surface area contributed by atoms with Gasteiger partial charge in [0.05, 0.1) is 11.7 Å². The van der Waals surface area contributed by atoms with Gasteiger partial charge in [0.25, 0.3) is 0 Å². The molecule has 4 heteroatoms. The number of aliphatic hydroxyl groups is 1. The molecule has 2 aromatic carbocycles. The number of fused-ring (bicyclic) bond motifs is 1. The molecule has 2 atom stereocenters. The van der Waals surface area contributed by atoms with Crippen LogP contribution in [0.1, 0.15) is 35.3 Å². The lowest BCUT2D eigenvalue weighted by Crippen LogP contribution is -2.26. The lowest BCUT2D eigenvalue weighted by molar-refractivity contribution is 0.160. The Balaban J connectivity index is 1.69. The molecule has 3 rings (SSSR count). The van der Waals surface area contributed by atoms with E-state index in [2.05, 4.69) is 17.4 Å². The third-order valence-corrected chi connectivity index (χ3v) is 4.02. The van der Waals surface area contributed by atoms with E-state index in [1.807, 2.05) is 12.1 Å². The normalized spacial score (nSPS) is 18.5. The third kappa shape index (κ3) is 2.82. The van der Waals surface area contributed by atoms with Gasteiger partial charge < -0.3 is 10.4 Å². The molecule has 0 saturated carbocycles. The minimum absolute atomic E-state index is 0.122. The van der Waals surface area contributed by atoms with Crippen LogP contribution in [0.3, 0.4) is 0 Å². The largest absolute Gasteiger partial charge is 0.387 e. The Hall–Kier alpha value is -1.78. The van der Waals surface area contributed by atoms with Crippen molar-refractivity contribution in [2.75, 3.05) is 6.54 Å². The fourth-order valence-corrected chi connectivity index (χ4v) is 2.95. The second-order valence-electron chi connectivity index (χ2n) is 5.35. The van der Waals surface area contributed by atoms with Crippen LogP contribution in [0.2, 0.25) is 0 Å². The van der Waals surface area contributed by atoms with Gasteiger partial charge in [-0.3, -0.25) is 0 Å². The Kier molecular flexibility index (Phi) is 3.99. The van der Waals surface area contributed by atoms with Crippen molar-refractivity contribution in [2.24, 2.45) is 0 Å². The van der Waals surface area contributed by atoms with Crippen LogP contribution in [0.25, 0.3) is 0 Å². The summed E-state index contributed by atoms with van der Waals surface area (Å²) in [5.41, 5.74) is 2.23. The lowest BCUT2D eigenvalue weighted by atomic mass is 10.1. The third-order valence-electron chi connectivity index (χ3n) is 4.02. The van der Waals surface area contributed by atoms with Crippen LogP contribution in [0.4, 0.5) is 8.78 Å². The molecular formula is C17H17F2NO. The first-order valence-corrected chi connectivity index (χ1v) is 7.10. The molecule has 0 radical (unpaired) electrons. The topological polar surface area (TPSA) is 32.3 Å². The number of halogens is 2. The van der Waals surface area contributed by atoms with E-state index in [1.165, 1.54) is 17.2 Å². The van der Waals surface area contributed by atoms with E-state index in [0.717, 1.165) is 25.0 Å². The molecule has 110 valence electrons. The summed E-state index contributed by atoms with van der Waals surface area (Å²) < 4.78 is 27.2. The van der Waals surface area contributed by atoms with Crippen molar-refractivity contribution in [3.8, 4) is 0 Å². The maximum atomic E-state index is 13.6. The molecule has 0 saturated heterocycles. The molecule has 2 unspecified atom stereocenters. The van der Waals surface area contributed by atoms with Gasteiger partial charge in [-0.25, -0.2) is 8.78 Å². The summed E-state index contributed by atoms with van der Waals surface area (Å²) in [6.07, 6.45) is 0.725. The van der Waals surface area contributed by atoms with Crippen molar-refractivity contribution >= 4 is 0 Å². The Morgan fingerprint density at radius 1 is 1.10 bits per heavy atom. The van der Waals surface area contributed by atoms with Gasteiger partial charge >= 0.3 is 0 Å². The molecule has 0 amide bonds. The predicted octanol–water partition coefficient (Wildman–Crippen LogP) is 3.28. The molecule has 0 spiro atoms. The molecule has 0 fully saturated rings. The molecule has 2 aromatic rings. The number of benzene rings is 2. The Labute approximate surface area is 122 Å². The fourth-order valence-electron chi connectivity index (χ4n) is 2.95. The maximum absolute atomic E-state index is 13.6. The SMILES string of the molecule is OC(CNC1CCc2ccccc21)c1c(F)cccc1F. The van der Waals surface area contributed by atoms with E-state index in [0.29, 0.717) is 0 Å². The van der Waals surface area contributed by atoms with Crippen LogP contribution < -0.4 is 5.32 Å². The van der Waals surface area contributed by atoms with Crippen molar-refractivity contribution in [2.45, 2.75) is 25.0 Å². The zero-order valence-corrected chi connectivity index (χ0v) is 11.5. The summed E-state index contributed by atoms with van der Waals surface area (Å²) in [6, 6.07) is 11.9. The molecular weight excluding hydrogens is 272 g/mol. The number of hydrogen-bond acceptors (Lipinski definition) is 2. The summed E-state index contributed by atoms with van der Waals surface area (Å²) in [5, 5.41) is 13.3. The van der Waals surface area contributed by atoms with Gasteiger partial charge in [0.2, 0.25) is 0 Å². The van der Waals surface area contributed by atoms with Crippen molar-refractivity contribution in [3.05, 3.63) is 70.8 Å². The van der Waals surface area contributed by atoms with Crippen LogP contribution in [0.15, 0.2) is 42.5 Å².